The molecule has 0 aliphatic carbocycles. The number of hydrazine groups is 1. The molecule has 2 aromatic heterocycles. The van der Waals surface area contributed by atoms with Gasteiger partial charge in [-0.1, -0.05) is 60.7 Å². The Balaban J connectivity index is 1.25. The number of hydrogen-bond acceptors (Lipinski definition) is 6. The lowest BCUT2D eigenvalue weighted by atomic mass is 10.1. The molecule has 5 rings (SSSR count). The van der Waals surface area contributed by atoms with E-state index in [2.05, 4.69) is 26.4 Å². The second-order valence-electron chi connectivity index (χ2n) is 8.06. The van der Waals surface area contributed by atoms with Crippen LogP contribution in [0.5, 0.6) is 0 Å². The molecule has 2 N–H and O–H groups in total. The van der Waals surface area contributed by atoms with Gasteiger partial charge in [-0.25, -0.2) is 4.68 Å². The van der Waals surface area contributed by atoms with E-state index in [1.807, 2.05) is 71.5 Å². The number of aromatic nitrogens is 6. The fraction of sp³-hybridized carbons (Fsp3) is 0.0370. The van der Waals surface area contributed by atoms with Crippen molar-refractivity contribution in [2.75, 3.05) is 0 Å². The molecule has 37 heavy (non-hydrogen) atoms. The zero-order valence-corrected chi connectivity index (χ0v) is 19.6. The number of nitrogens with one attached hydrogen (secondary N) is 2. The first-order chi connectivity index (χ1) is 18.2. The number of hydrogen-bond donors (Lipinski definition) is 2. The number of carbonyl (C=O) groups is 2. The van der Waals surface area contributed by atoms with E-state index in [1.165, 1.54) is 17.1 Å². The van der Waals surface area contributed by atoms with Crippen LogP contribution in [0.15, 0.2) is 104 Å². The van der Waals surface area contributed by atoms with E-state index >= 15 is 0 Å². The minimum atomic E-state index is -0.478. The third kappa shape index (κ3) is 5.82. The van der Waals surface area contributed by atoms with Crippen molar-refractivity contribution in [2.45, 2.75) is 6.54 Å². The number of benzene rings is 3. The van der Waals surface area contributed by atoms with Gasteiger partial charge in [0.25, 0.3) is 11.8 Å². The quantitative estimate of drug-likeness (QED) is 0.267. The van der Waals surface area contributed by atoms with E-state index in [-0.39, 0.29) is 0 Å². The van der Waals surface area contributed by atoms with Gasteiger partial charge in [0.05, 0.1) is 17.9 Å². The molecule has 0 radical (unpaired) electrons. The number of amides is 2. The molecule has 0 spiro atoms. The topological polar surface area (TPSA) is 120 Å². The molecular formula is C27H22N8O2. The van der Waals surface area contributed by atoms with Crippen LogP contribution in [0.3, 0.4) is 0 Å². The number of nitrogens with zero attached hydrogens (tertiary/aromatic N) is 6. The summed E-state index contributed by atoms with van der Waals surface area (Å²) in [6, 6.07) is 26.4. The van der Waals surface area contributed by atoms with Gasteiger partial charge in [-0.05, 0) is 46.3 Å². The van der Waals surface area contributed by atoms with Crippen molar-refractivity contribution >= 4 is 17.9 Å². The number of carbonyl (C=O) groups excluding carboxylic acids is 2. The van der Waals surface area contributed by atoms with E-state index in [1.54, 1.807) is 30.3 Å². The molecule has 0 aliphatic rings. The Morgan fingerprint density at radius 2 is 1.59 bits per heavy atom. The zero-order valence-electron chi connectivity index (χ0n) is 19.6. The molecule has 0 saturated carbocycles. The van der Waals surface area contributed by atoms with Gasteiger partial charge in [0.1, 0.15) is 6.33 Å². The minimum Gasteiger partial charge on any atom is -0.268 e. The van der Waals surface area contributed by atoms with E-state index in [0.717, 1.165) is 22.4 Å². The molecule has 10 nitrogen and oxygen atoms in total. The number of tetrazole rings is 1. The fourth-order valence-electron chi connectivity index (χ4n) is 3.67. The maximum absolute atomic E-state index is 12.4. The summed E-state index contributed by atoms with van der Waals surface area (Å²) in [5.74, 6) is -0.931. The minimum absolute atomic E-state index is 0.370. The molecule has 182 valence electrons. The summed E-state index contributed by atoms with van der Waals surface area (Å²) in [7, 11) is 0. The van der Waals surface area contributed by atoms with Crippen molar-refractivity contribution < 1.29 is 9.59 Å². The Labute approximate surface area is 212 Å². The summed E-state index contributed by atoms with van der Waals surface area (Å²) >= 11 is 0. The normalized spacial score (nSPS) is 10.9. The summed E-state index contributed by atoms with van der Waals surface area (Å²) in [6.45, 7) is 0.600. The van der Waals surface area contributed by atoms with Gasteiger partial charge in [-0.15, -0.1) is 5.10 Å². The molecule has 0 bridgehead atoms. The first kappa shape index (κ1) is 23.4. The van der Waals surface area contributed by atoms with Crippen LogP contribution >= 0.6 is 0 Å². The highest BCUT2D eigenvalue weighted by Crippen LogP contribution is 2.23. The highest BCUT2D eigenvalue weighted by Gasteiger charge is 2.11. The summed E-state index contributed by atoms with van der Waals surface area (Å²) in [6.07, 6.45) is 6.39. The highest BCUT2D eigenvalue weighted by molar-refractivity contribution is 5.98. The number of rotatable bonds is 7. The van der Waals surface area contributed by atoms with Gasteiger partial charge in [0, 0.05) is 29.0 Å². The van der Waals surface area contributed by atoms with Gasteiger partial charge >= 0.3 is 0 Å². The van der Waals surface area contributed by atoms with Crippen LogP contribution < -0.4 is 10.9 Å². The highest BCUT2D eigenvalue weighted by atomic mass is 16.2. The van der Waals surface area contributed by atoms with Crippen LogP contribution in [0.2, 0.25) is 0 Å². The second-order valence-corrected chi connectivity index (χ2v) is 8.06. The Hall–Kier alpha value is -5.38. The predicted octanol–water partition coefficient (Wildman–Crippen LogP) is 3.05. The lowest BCUT2D eigenvalue weighted by molar-refractivity contribution is -0.117. The van der Waals surface area contributed by atoms with Crippen LogP contribution in [-0.2, 0) is 11.3 Å². The largest absolute Gasteiger partial charge is 0.269 e. The first-order valence-electron chi connectivity index (χ1n) is 11.4. The smallest absolute Gasteiger partial charge is 0.268 e. The van der Waals surface area contributed by atoms with Gasteiger partial charge in [-0.3, -0.25) is 25.1 Å². The van der Waals surface area contributed by atoms with Gasteiger partial charge < -0.3 is 0 Å². The Morgan fingerprint density at radius 1 is 0.865 bits per heavy atom. The SMILES string of the molecule is O=C(/C=C/c1cn(Cc2ccccc2)nc1-c1ccccc1)NNC(=O)c1ccc(-n2cnnn2)cc1. The molecule has 0 saturated heterocycles. The second kappa shape index (κ2) is 10.9. The molecule has 0 atom stereocenters. The lowest BCUT2D eigenvalue weighted by Gasteiger charge is -2.06. The standard InChI is InChI=1S/C27H22N8O2/c36-25(29-30-27(37)22-11-14-24(15-12-22)35-19-28-32-33-35)16-13-23-18-34(17-20-7-3-1-4-8-20)31-26(23)21-9-5-2-6-10-21/h1-16,18-19H,17H2,(H,29,36)(H,30,37)/b16-13+. The molecule has 0 aliphatic heterocycles. The Bertz CT molecular complexity index is 1510. The van der Waals surface area contributed by atoms with Crippen LogP contribution in [0.25, 0.3) is 23.0 Å². The van der Waals surface area contributed by atoms with Crippen molar-refractivity contribution in [3.63, 3.8) is 0 Å². The van der Waals surface area contributed by atoms with Crippen LogP contribution in [0.4, 0.5) is 0 Å². The summed E-state index contributed by atoms with van der Waals surface area (Å²) in [5, 5.41) is 15.7. The van der Waals surface area contributed by atoms with Crippen molar-refractivity contribution in [3.05, 3.63) is 120 Å². The average molecular weight is 491 g/mol. The average Bonchev–Trinajstić information content (AvgIpc) is 3.62. The molecule has 2 amide bonds. The zero-order chi connectivity index (χ0) is 25.5. The van der Waals surface area contributed by atoms with E-state index in [4.69, 9.17) is 5.10 Å². The van der Waals surface area contributed by atoms with E-state index in [9.17, 15) is 9.59 Å². The molecule has 10 heteroatoms. The van der Waals surface area contributed by atoms with Crippen molar-refractivity contribution in [1.29, 1.82) is 0 Å². The third-order valence-electron chi connectivity index (χ3n) is 5.48. The van der Waals surface area contributed by atoms with Gasteiger partial charge in [0.2, 0.25) is 0 Å². The summed E-state index contributed by atoms with van der Waals surface area (Å²) < 4.78 is 3.32. The first-order valence-corrected chi connectivity index (χ1v) is 11.4. The molecule has 3 aromatic carbocycles. The molecular weight excluding hydrogens is 468 g/mol. The summed E-state index contributed by atoms with van der Waals surface area (Å²) in [5.41, 5.74) is 9.49. The van der Waals surface area contributed by atoms with E-state index in [0.29, 0.717) is 17.8 Å². The van der Waals surface area contributed by atoms with Crippen molar-refractivity contribution in [3.8, 4) is 16.9 Å². The van der Waals surface area contributed by atoms with Gasteiger partial charge in [-0.2, -0.15) is 5.10 Å². The molecule has 0 fully saturated rings. The fourth-order valence-corrected chi connectivity index (χ4v) is 3.67. The van der Waals surface area contributed by atoms with Gasteiger partial charge in [0.15, 0.2) is 0 Å². The third-order valence-corrected chi connectivity index (χ3v) is 5.48. The van der Waals surface area contributed by atoms with Crippen LogP contribution in [0.1, 0.15) is 21.5 Å². The predicted molar refractivity (Wildman–Crippen MR) is 137 cm³/mol. The lowest BCUT2D eigenvalue weighted by Crippen LogP contribution is -2.40. The maximum Gasteiger partial charge on any atom is 0.269 e. The van der Waals surface area contributed by atoms with Crippen LogP contribution in [-0.4, -0.2) is 41.8 Å². The Morgan fingerprint density at radius 3 is 2.30 bits per heavy atom. The summed E-state index contributed by atoms with van der Waals surface area (Å²) in [4.78, 5) is 24.9. The Kier molecular flexibility index (Phi) is 6.89. The van der Waals surface area contributed by atoms with Crippen LogP contribution in [0, 0.1) is 0 Å². The van der Waals surface area contributed by atoms with E-state index < -0.39 is 11.8 Å². The maximum atomic E-state index is 12.4. The monoisotopic (exact) mass is 490 g/mol. The molecule has 2 heterocycles. The van der Waals surface area contributed by atoms with Crippen molar-refractivity contribution in [1.82, 2.24) is 40.8 Å². The van der Waals surface area contributed by atoms with Crippen molar-refractivity contribution in [2.24, 2.45) is 0 Å². The molecule has 5 aromatic rings. The molecule has 0 unspecified atom stereocenters.